The summed E-state index contributed by atoms with van der Waals surface area (Å²) in [4.78, 5) is 4.05. The summed E-state index contributed by atoms with van der Waals surface area (Å²) in [7, 11) is 0. The van der Waals surface area contributed by atoms with Crippen molar-refractivity contribution in [2.75, 3.05) is 5.43 Å². The largest absolute Gasteiger partial charge is 0.417 e. The molecule has 1 aromatic carbocycles. The zero-order valence-electron chi connectivity index (χ0n) is 10.5. The third kappa shape index (κ3) is 3.79. The molecular formula is C12H8BrF4N3S. The lowest BCUT2D eigenvalue weighted by molar-refractivity contribution is -0.138. The zero-order chi connectivity index (χ0) is 15.6. The molecule has 0 bridgehead atoms. The molecule has 21 heavy (non-hydrogen) atoms. The van der Waals surface area contributed by atoms with E-state index in [0.29, 0.717) is 11.2 Å². The molecule has 1 N–H and O–H groups in total. The van der Waals surface area contributed by atoms with Crippen LogP contribution in [-0.4, -0.2) is 11.2 Å². The van der Waals surface area contributed by atoms with Gasteiger partial charge in [0, 0.05) is 15.4 Å². The first-order chi connectivity index (χ1) is 9.79. The van der Waals surface area contributed by atoms with Gasteiger partial charge in [0.15, 0.2) is 0 Å². The van der Waals surface area contributed by atoms with Gasteiger partial charge in [-0.3, -0.25) is 5.43 Å². The Bertz CT molecular complexity index is 682. The average Bonchev–Trinajstić information content (AvgIpc) is 2.77. The SMILES string of the molecule is Cc1csc(NN=Cc2c(F)ccc(C(F)(F)F)c2Br)n1. The number of thiazole rings is 1. The fourth-order valence-corrected chi connectivity index (χ4v) is 2.75. The average molecular weight is 382 g/mol. The third-order valence-corrected chi connectivity index (χ3v) is 4.12. The van der Waals surface area contributed by atoms with E-state index < -0.39 is 22.0 Å². The van der Waals surface area contributed by atoms with Crippen LogP contribution in [0.4, 0.5) is 22.7 Å². The van der Waals surface area contributed by atoms with Crippen molar-refractivity contribution in [2.45, 2.75) is 13.1 Å². The minimum absolute atomic E-state index is 0.286. The molecule has 0 fully saturated rings. The van der Waals surface area contributed by atoms with Gasteiger partial charge in [0.1, 0.15) is 5.82 Å². The first-order valence-electron chi connectivity index (χ1n) is 5.55. The highest BCUT2D eigenvalue weighted by atomic mass is 79.9. The van der Waals surface area contributed by atoms with Gasteiger partial charge in [0.05, 0.1) is 17.5 Å². The predicted octanol–water partition coefficient (Wildman–Crippen LogP) is 4.82. The molecule has 0 spiro atoms. The summed E-state index contributed by atoms with van der Waals surface area (Å²) in [5.74, 6) is -0.809. The van der Waals surface area contributed by atoms with Crippen LogP contribution in [0.25, 0.3) is 0 Å². The van der Waals surface area contributed by atoms with Crippen LogP contribution in [0.1, 0.15) is 16.8 Å². The summed E-state index contributed by atoms with van der Waals surface area (Å²) >= 11 is 4.05. The second-order valence-electron chi connectivity index (χ2n) is 3.98. The van der Waals surface area contributed by atoms with Crippen molar-refractivity contribution >= 4 is 38.6 Å². The van der Waals surface area contributed by atoms with Gasteiger partial charge < -0.3 is 0 Å². The van der Waals surface area contributed by atoms with Gasteiger partial charge in [-0.1, -0.05) is 0 Å². The van der Waals surface area contributed by atoms with Crippen LogP contribution >= 0.6 is 27.3 Å². The number of nitrogens with zero attached hydrogens (tertiary/aromatic N) is 2. The number of rotatable bonds is 3. The Hall–Kier alpha value is -1.48. The molecule has 2 aromatic rings. The third-order valence-electron chi connectivity index (χ3n) is 2.40. The van der Waals surface area contributed by atoms with Gasteiger partial charge in [0.25, 0.3) is 0 Å². The molecule has 0 aliphatic heterocycles. The molecule has 0 unspecified atom stereocenters. The minimum Gasteiger partial charge on any atom is -0.253 e. The number of hydrazone groups is 1. The summed E-state index contributed by atoms with van der Waals surface area (Å²) in [6.45, 7) is 1.79. The monoisotopic (exact) mass is 381 g/mol. The van der Waals surface area contributed by atoms with E-state index in [1.165, 1.54) is 11.3 Å². The molecule has 2 rings (SSSR count). The lowest BCUT2D eigenvalue weighted by atomic mass is 10.1. The van der Waals surface area contributed by atoms with Gasteiger partial charge in [-0.2, -0.15) is 18.3 Å². The highest BCUT2D eigenvalue weighted by Gasteiger charge is 2.34. The first kappa shape index (κ1) is 15.9. The normalized spacial score (nSPS) is 12.1. The Morgan fingerprint density at radius 2 is 2.10 bits per heavy atom. The van der Waals surface area contributed by atoms with Crippen molar-refractivity contribution in [1.82, 2.24) is 4.98 Å². The first-order valence-corrected chi connectivity index (χ1v) is 7.22. The molecule has 0 radical (unpaired) electrons. The molecule has 0 amide bonds. The molecule has 0 atom stereocenters. The van der Waals surface area contributed by atoms with E-state index in [0.717, 1.165) is 18.0 Å². The Morgan fingerprint density at radius 3 is 2.67 bits per heavy atom. The van der Waals surface area contributed by atoms with Crippen molar-refractivity contribution in [2.24, 2.45) is 5.10 Å². The fourth-order valence-electron chi connectivity index (χ4n) is 1.46. The molecule has 0 aliphatic rings. The highest BCUT2D eigenvalue weighted by Crippen LogP contribution is 2.36. The standard InChI is InChI=1S/C12H8BrF4N3S/c1-6-5-21-11(19-6)20-18-4-7-9(14)3-2-8(10(7)13)12(15,16)17/h2-5H,1H3,(H,19,20). The minimum atomic E-state index is -4.57. The lowest BCUT2D eigenvalue weighted by Gasteiger charge is -2.11. The van der Waals surface area contributed by atoms with E-state index in [1.54, 1.807) is 12.3 Å². The highest BCUT2D eigenvalue weighted by molar-refractivity contribution is 9.10. The van der Waals surface area contributed by atoms with E-state index in [2.05, 4.69) is 31.4 Å². The molecule has 0 aliphatic carbocycles. The maximum absolute atomic E-state index is 13.6. The molecule has 0 saturated carbocycles. The maximum Gasteiger partial charge on any atom is 0.417 e. The summed E-state index contributed by atoms with van der Waals surface area (Å²) in [5, 5.41) is 5.95. The Kier molecular flexibility index (Phi) is 4.62. The Labute approximate surface area is 129 Å². The summed E-state index contributed by atoms with van der Waals surface area (Å²) in [6.07, 6.45) is -3.60. The number of aryl methyl sites for hydroxylation is 1. The van der Waals surface area contributed by atoms with Crippen LogP contribution in [-0.2, 0) is 6.18 Å². The van der Waals surface area contributed by atoms with Crippen LogP contribution in [0, 0.1) is 12.7 Å². The molecule has 1 aromatic heterocycles. The van der Waals surface area contributed by atoms with Crippen LogP contribution < -0.4 is 5.43 Å². The number of alkyl halides is 3. The molecule has 112 valence electrons. The quantitative estimate of drug-likeness (QED) is 0.470. The van der Waals surface area contributed by atoms with Crippen LogP contribution in [0.5, 0.6) is 0 Å². The van der Waals surface area contributed by atoms with E-state index in [1.807, 2.05) is 0 Å². The van der Waals surface area contributed by atoms with Crippen LogP contribution in [0.3, 0.4) is 0 Å². The Morgan fingerprint density at radius 1 is 1.38 bits per heavy atom. The second kappa shape index (κ2) is 6.10. The van der Waals surface area contributed by atoms with Gasteiger partial charge >= 0.3 is 6.18 Å². The van der Waals surface area contributed by atoms with Crippen molar-refractivity contribution < 1.29 is 17.6 Å². The molecule has 3 nitrogen and oxygen atoms in total. The smallest absolute Gasteiger partial charge is 0.253 e. The number of halogens is 5. The Balaban J connectivity index is 2.27. The number of nitrogens with one attached hydrogen (secondary N) is 1. The van der Waals surface area contributed by atoms with E-state index in [-0.39, 0.29) is 5.56 Å². The number of hydrogen-bond acceptors (Lipinski definition) is 4. The summed E-state index contributed by atoms with van der Waals surface area (Å²) in [5.41, 5.74) is 2.07. The molecule has 0 saturated heterocycles. The van der Waals surface area contributed by atoms with Gasteiger partial charge in [-0.15, -0.1) is 11.3 Å². The summed E-state index contributed by atoms with van der Waals surface area (Å²) < 4.78 is 51.4. The topological polar surface area (TPSA) is 37.3 Å². The lowest BCUT2D eigenvalue weighted by Crippen LogP contribution is -2.08. The number of hydrogen-bond donors (Lipinski definition) is 1. The predicted molar refractivity (Wildman–Crippen MR) is 77.2 cm³/mol. The molecule has 1 heterocycles. The zero-order valence-corrected chi connectivity index (χ0v) is 12.9. The van der Waals surface area contributed by atoms with Crippen molar-refractivity contribution in [3.63, 3.8) is 0 Å². The second-order valence-corrected chi connectivity index (χ2v) is 5.64. The fraction of sp³-hybridized carbons (Fsp3) is 0.167. The van der Waals surface area contributed by atoms with Crippen molar-refractivity contribution in [3.05, 3.63) is 44.6 Å². The molecule has 9 heteroatoms. The van der Waals surface area contributed by atoms with Gasteiger partial charge in [-0.25, -0.2) is 9.37 Å². The number of anilines is 1. The van der Waals surface area contributed by atoms with Crippen molar-refractivity contribution in [1.29, 1.82) is 0 Å². The van der Waals surface area contributed by atoms with Crippen LogP contribution in [0.2, 0.25) is 0 Å². The van der Waals surface area contributed by atoms with Crippen LogP contribution in [0.15, 0.2) is 27.1 Å². The van der Waals surface area contributed by atoms with E-state index in [9.17, 15) is 17.6 Å². The van der Waals surface area contributed by atoms with Gasteiger partial charge in [0.2, 0.25) is 5.13 Å². The maximum atomic E-state index is 13.6. The molecular weight excluding hydrogens is 374 g/mol. The number of aromatic nitrogens is 1. The van der Waals surface area contributed by atoms with Gasteiger partial charge in [-0.05, 0) is 35.0 Å². The number of benzene rings is 1. The van der Waals surface area contributed by atoms with E-state index in [4.69, 9.17) is 0 Å². The summed E-state index contributed by atoms with van der Waals surface area (Å²) in [6, 6.07) is 1.43. The van der Waals surface area contributed by atoms with Crippen molar-refractivity contribution in [3.8, 4) is 0 Å². The van der Waals surface area contributed by atoms with E-state index >= 15 is 0 Å².